The molecule has 3 nitrogen and oxygen atoms in total. The Morgan fingerprint density at radius 1 is 1.18 bits per heavy atom. The van der Waals surface area contributed by atoms with E-state index in [1.807, 2.05) is 13.8 Å². The van der Waals surface area contributed by atoms with E-state index < -0.39 is 5.60 Å². The summed E-state index contributed by atoms with van der Waals surface area (Å²) in [4.78, 5) is 0. The van der Waals surface area contributed by atoms with Gasteiger partial charge in [-0.15, -0.1) is 0 Å². The lowest BCUT2D eigenvalue weighted by Gasteiger charge is -2.41. The zero-order chi connectivity index (χ0) is 20.4. The van der Waals surface area contributed by atoms with Gasteiger partial charge < -0.3 is 15.3 Å². The third kappa shape index (κ3) is 5.10. The first kappa shape index (κ1) is 21.6. The van der Waals surface area contributed by atoms with Crippen molar-refractivity contribution in [1.29, 1.82) is 0 Å². The summed E-state index contributed by atoms with van der Waals surface area (Å²) in [5.41, 5.74) is 2.19. The lowest BCUT2D eigenvalue weighted by Crippen LogP contribution is -2.32. The summed E-state index contributed by atoms with van der Waals surface area (Å²) in [5.74, 6) is 1.85. The lowest BCUT2D eigenvalue weighted by molar-refractivity contribution is 0.0663. The van der Waals surface area contributed by atoms with Crippen LogP contribution in [0.4, 0.5) is 0 Å². The van der Waals surface area contributed by atoms with Gasteiger partial charge in [0, 0.05) is 12.8 Å². The van der Waals surface area contributed by atoms with E-state index in [9.17, 15) is 15.3 Å². The number of hydrogen-bond acceptors (Lipinski definition) is 3. The second kappa shape index (κ2) is 8.75. The molecular formula is C25H40O3. The highest BCUT2D eigenvalue weighted by Gasteiger charge is 2.47. The molecule has 4 atom stereocenters. The Morgan fingerprint density at radius 2 is 1.96 bits per heavy atom. The smallest absolute Gasteiger partial charge is 0.0956 e. The minimum absolute atomic E-state index is 0.319. The maximum Gasteiger partial charge on any atom is 0.0956 e. The second-order valence-electron chi connectivity index (χ2n) is 10.3. The maximum absolute atomic E-state index is 10.2. The molecule has 3 aliphatic carbocycles. The van der Waals surface area contributed by atoms with Crippen molar-refractivity contribution in [2.24, 2.45) is 17.3 Å². The molecule has 3 heteroatoms. The highest BCUT2D eigenvalue weighted by molar-refractivity contribution is 5.35. The van der Waals surface area contributed by atoms with Gasteiger partial charge in [-0.05, 0) is 87.2 Å². The van der Waals surface area contributed by atoms with E-state index in [0.29, 0.717) is 36.4 Å². The molecule has 28 heavy (non-hydrogen) atoms. The molecule has 0 aromatic heterocycles. The van der Waals surface area contributed by atoms with Gasteiger partial charge in [0.05, 0.1) is 17.5 Å². The van der Waals surface area contributed by atoms with Crippen LogP contribution in [-0.2, 0) is 0 Å². The Morgan fingerprint density at radius 3 is 2.71 bits per heavy atom. The van der Waals surface area contributed by atoms with Crippen LogP contribution in [0.25, 0.3) is 0 Å². The van der Waals surface area contributed by atoms with Crippen molar-refractivity contribution in [1.82, 2.24) is 0 Å². The molecule has 158 valence electrons. The highest BCUT2D eigenvalue weighted by atomic mass is 16.3. The Kier molecular flexibility index (Phi) is 6.76. The van der Waals surface area contributed by atoms with E-state index in [-0.39, 0.29) is 6.10 Å². The highest BCUT2D eigenvalue weighted by Crippen LogP contribution is 2.57. The van der Waals surface area contributed by atoms with Crippen LogP contribution < -0.4 is 0 Å². The fraction of sp³-hybridized carbons (Fsp3) is 0.760. The summed E-state index contributed by atoms with van der Waals surface area (Å²) in [6.45, 7) is 6.30. The van der Waals surface area contributed by atoms with Crippen molar-refractivity contribution in [2.45, 2.75) is 103 Å². The lowest BCUT2D eigenvalue weighted by atomic mass is 9.64. The van der Waals surface area contributed by atoms with E-state index in [1.54, 1.807) is 0 Å². The molecule has 0 radical (unpaired) electrons. The first-order chi connectivity index (χ1) is 13.2. The van der Waals surface area contributed by atoms with Gasteiger partial charge in [-0.25, -0.2) is 0 Å². The SMILES string of the molecule is CC(C)(O)CCCCC1CCC2C(/C=C\C3=C(O)CCC(O)C3)=CCCC12C. The molecule has 0 aliphatic heterocycles. The predicted octanol–water partition coefficient (Wildman–Crippen LogP) is 5.98. The van der Waals surface area contributed by atoms with Crippen LogP contribution in [0.3, 0.4) is 0 Å². The summed E-state index contributed by atoms with van der Waals surface area (Å²) in [7, 11) is 0. The normalized spacial score (nSPS) is 34.0. The van der Waals surface area contributed by atoms with Crippen molar-refractivity contribution >= 4 is 0 Å². The first-order valence-electron chi connectivity index (χ1n) is 11.4. The van der Waals surface area contributed by atoms with Gasteiger partial charge in [0.2, 0.25) is 0 Å². The Hall–Kier alpha value is -1.06. The van der Waals surface area contributed by atoms with Crippen molar-refractivity contribution in [3.8, 4) is 0 Å². The molecule has 0 amide bonds. The quantitative estimate of drug-likeness (QED) is 0.470. The van der Waals surface area contributed by atoms with Crippen LogP contribution in [0.1, 0.15) is 91.4 Å². The first-order valence-corrected chi connectivity index (χ1v) is 11.4. The minimum Gasteiger partial charge on any atom is -0.512 e. The summed E-state index contributed by atoms with van der Waals surface area (Å²) < 4.78 is 0. The molecule has 0 saturated heterocycles. The molecule has 1 saturated carbocycles. The van der Waals surface area contributed by atoms with Crippen molar-refractivity contribution in [2.75, 3.05) is 0 Å². The van der Waals surface area contributed by atoms with Crippen LogP contribution in [0.15, 0.2) is 35.1 Å². The monoisotopic (exact) mass is 388 g/mol. The third-order valence-electron chi connectivity index (χ3n) is 7.61. The molecular weight excluding hydrogens is 348 g/mol. The fourth-order valence-corrected chi connectivity index (χ4v) is 5.83. The number of aliphatic hydroxyl groups is 3. The third-order valence-corrected chi connectivity index (χ3v) is 7.61. The summed E-state index contributed by atoms with van der Waals surface area (Å²) in [6, 6.07) is 0. The molecule has 3 aliphatic rings. The van der Waals surface area contributed by atoms with Crippen LogP contribution in [-0.4, -0.2) is 27.0 Å². The van der Waals surface area contributed by atoms with Crippen LogP contribution >= 0.6 is 0 Å². The summed E-state index contributed by atoms with van der Waals surface area (Å²) in [6.07, 6.45) is 17.7. The fourth-order valence-electron chi connectivity index (χ4n) is 5.83. The molecule has 1 fully saturated rings. The average Bonchev–Trinajstić information content (AvgIpc) is 2.95. The van der Waals surface area contributed by atoms with Crippen LogP contribution in [0, 0.1) is 17.3 Å². The number of allylic oxidation sites excluding steroid dienone is 5. The molecule has 0 aromatic rings. The van der Waals surface area contributed by atoms with Crippen molar-refractivity contribution in [3.63, 3.8) is 0 Å². The Balaban J connectivity index is 1.61. The zero-order valence-corrected chi connectivity index (χ0v) is 18.1. The largest absolute Gasteiger partial charge is 0.512 e. The van der Waals surface area contributed by atoms with Crippen LogP contribution in [0.5, 0.6) is 0 Å². The van der Waals surface area contributed by atoms with E-state index in [1.165, 1.54) is 37.7 Å². The topological polar surface area (TPSA) is 60.7 Å². The molecule has 0 heterocycles. The number of aliphatic hydroxyl groups excluding tert-OH is 2. The van der Waals surface area contributed by atoms with E-state index in [0.717, 1.165) is 30.8 Å². The maximum atomic E-state index is 10.2. The summed E-state index contributed by atoms with van der Waals surface area (Å²) in [5, 5.41) is 30.0. The standard InChI is InChI=1S/C25H40O3/c1-24(2,28)15-5-4-8-20-11-13-22-18(7-6-16-25(20,22)3)9-10-19-17-21(26)12-14-23(19)27/h7,9-10,20-22,26-28H,4-6,8,11-17H2,1-3H3/b10-9-. The molecule has 3 N–H and O–H groups in total. The number of unbranched alkanes of at least 4 members (excludes halogenated alkanes) is 1. The number of hydrogen-bond donors (Lipinski definition) is 3. The minimum atomic E-state index is -0.541. The zero-order valence-electron chi connectivity index (χ0n) is 18.1. The molecule has 0 aromatic carbocycles. The van der Waals surface area contributed by atoms with Gasteiger partial charge in [-0.2, -0.15) is 0 Å². The van der Waals surface area contributed by atoms with Gasteiger partial charge in [-0.3, -0.25) is 0 Å². The molecule has 4 unspecified atom stereocenters. The predicted molar refractivity (Wildman–Crippen MR) is 115 cm³/mol. The van der Waals surface area contributed by atoms with Gasteiger partial charge >= 0.3 is 0 Å². The molecule has 3 rings (SSSR count). The van der Waals surface area contributed by atoms with E-state index in [2.05, 4.69) is 25.2 Å². The number of fused-ring (bicyclic) bond motifs is 1. The molecule has 0 spiro atoms. The Labute approximate surface area is 171 Å². The van der Waals surface area contributed by atoms with Crippen molar-refractivity contribution < 1.29 is 15.3 Å². The van der Waals surface area contributed by atoms with E-state index >= 15 is 0 Å². The number of rotatable bonds is 7. The van der Waals surface area contributed by atoms with Gasteiger partial charge in [0.15, 0.2) is 0 Å². The second-order valence-corrected chi connectivity index (χ2v) is 10.3. The van der Waals surface area contributed by atoms with Gasteiger partial charge in [0.1, 0.15) is 0 Å². The van der Waals surface area contributed by atoms with Gasteiger partial charge in [-0.1, -0.05) is 38.0 Å². The summed E-state index contributed by atoms with van der Waals surface area (Å²) >= 11 is 0. The van der Waals surface area contributed by atoms with Crippen LogP contribution in [0.2, 0.25) is 0 Å². The Bertz CT molecular complexity index is 637. The molecule has 0 bridgehead atoms. The van der Waals surface area contributed by atoms with Crippen molar-refractivity contribution in [3.05, 3.63) is 35.1 Å². The average molecular weight is 389 g/mol. The van der Waals surface area contributed by atoms with Gasteiger partial charge in [0.25, 0.3) is 0 Å². The van der Waals surface area contributed by atoms with E-state index in [4.69, 9.17) is 0 Å².